The molecule has 1 fully saturated rings. The standard InChI is InChI=1S/C15H21Br2NO2/c1-3-20-15-13(16)6-11(7-14(15)17)8-18-10(2)12-4-5-19-9-12/h6-7,10,12,18H,3-5,8-9H2,1-2H3. The van der Waals surface area contributed by atoms with Crippen molar-refractivity contribution in [2.45, 2.75) is 32.9 Å². The van der Waals surface area contributed by atoms with E-state index in [-0.39, 0.29) is 0 Å². The Balaban J connectivity index is 1.95. The third-order valence-electron chi connectivity index (χ3n) is 3.65. The van der Waals surface area contributed by atoms with Gasteiger partial charge in [0.1, 0.15) is 5.75 Å². The molecule has 1 aliphatic heterocycles. The van der Waals surface area contributed by atoms with Crippen LogP contribution in [0.4, 0.5) is 0 Å². The maximum Gasteiger partial charge on any atom is 0.147 e. The van der Waals surface area contributed by atoms with Crippen LogP contribution in [0.1, 0.15) is 25.8 Å². The number of rotatable bonds is 6. The Morgan fingerprint density at radius 3 is 2.65 bits per heavy atom. The Kier molecular flexibility index (Phi) is 6.33. The van der Waals surface area contributed by atoms with Gasteiger partial charge in [-0.15, -0.1) is 0 Å². The zero-order valence-electron chi connectivity index (χ0n) is 11.9. The number of halogens is 2. The van der Waals surface area contributed by atoms with Crippen molar-refractivity contribution in [3.8, 4) is 5.75 Å². The normalized spacial score (nSPS) is 20.1. The summed E-state index contributed by atoms with van der Waals surface area (Å²) < 4.78 is 13.0. The number of ether oxygens (including phenoxy) is 2. The van der Waals surface area contributed by atoms with Crippen LogP contribution in [0.5, 0.6) is 5.75 Å². The smallest absolute Gasteiger partial charge is 0.147 e. The monoisotopic (exact) mass is 405 g/mol. The SMILES string of the molecule is CCOc1c(Br)cc(CNC(C)C2CCOC2)cc1Br. The molecule has 2 atom stereocenters. The molecule has 0 saturated carbocycles. The van der Waals surface area contributed by atoms with Gasteiger partial charge in [-0.2, -0.15) is 0 Å². The van der Waals surface area contributed by atoms with E-state index in [0.29, 0.717) is 18.6 Å². The largest absolute Gasteiger partial charge is 0.492 e. The molecule has 2 unspecified atom stereocenters. The van der Waals surface area contributed by atoms with E-state index in [1.54, 1.807) is 0 Å². The van der Waals surface area contributed by atoms with Gasteiger partial charge in [0, 0.05) is 19.2 Å². The maximum absolute atomic E-state index is 5.60. The molecule has 3 nitrogen and oxygen atoms in total. The summed E-state index contributed by atoms with van der Waals surface area (Å²) in [5.41, 5.74) is 1.23. The van der Waals surface area contributed by atoms with Crippen molar-refractivity contribution in [2.75, 3.05) is 19.8 Å². The summed E-state index contributed by atoms with van der Waals surface area (Å²) in [4.78, 5) is 0. The fraction of sp³-hybridized carbons (Fsp3) is 0.600. The van der Waals surface area contributed by atoms with Crippen LogP contribution in [0.25, 0.3) is 0 Å². The maximum atomic E-state index is 5.60. The van der Waals surface area contributed by atoms with Crippen molar-refractivity contribution in [1.29, 1.82) is 0 Å². The lowest BCUT2D eigenvalue weighted by Crippen LogP contribution is -2.33. The van der Waals surface area contributed by atoms with Crippen molar-refractivity contribution in [1.82, 2.24) is 5.32 Å². The summed E-state index contributed by atoms with van der Waals surface area (Å²) in [7, 11) is 0. The molecule has 0 spiro atoms. The topological polar surface area (TPSA) is 30.5 Å². The fourth-order valence-electron chi connectivity index (χ4n) is 2.39. The molecule has 5 heteroatoms. The molecule has 112 valence electrons. The molecule has 0 amide bonds. The highest BCUT2D eigenvalue weighted by Crippen LogP contribution is 2.34. The van der Waals surface area contributed by atoms with E-state index in [9.17, 15) is 0 Å². The first kappa shape index (κ1) is 16.3. The first-order valence-corrected chi connectivity index (χ1v) is 8.62. The van der Waals surface area contributed by atoms with Crippen LogP contribution in [0.2, 0.25) is 0 Å². The second kappa shape index (κ2) is 7.78. The molecular formula is C15H21Br2NO2. The Morgan fingerprint density at radius 2 is 2.10 bits per heavy atom. The van der Waals surface area contributed by atoms with Crippen molar-refractivity contribution < 1.29 is 9.47 Å². The van der Waals surface area contributed by atoms with Crippen LogP contribution in [-0.4, -0.2) is 25.9 Å². The van der Waals surface area contributed by atoms with Gasteiger partial charge in [-0.1, -0.05) is 0 Å². The Hall–Kier alpha value is -0.100. The Labute approximate surface area is 137 Å². The lowest BCUT2D eigenvalue weighted by molar-refractivity contribution is 0.178. The molecule has 1 aromatic rings. The van der Waals surface area contributed by atoms with Gasteiger partial charge in [0.25, 0.3) is 0 Å². The van der Waals surface area contributed by atoms with Gasteiger partial charge < -0.3 is 14.8 Å². The van der Waals surface area contributed by atoms with Crippen molar-refractivity contribution in [3.63, 3.8) is 0 Å². The van der Waals surface area contributed by atoms with Crippen LogP contribution >= 0.6 is 31.9 Å². The molecule has 0 radical (unpaired) electrons. The predicted octanol–water partition coefficient (Wildman–Crippen LogP) is 4.12. The van der Waals surface area contributed by atoms with Gasteiger partial charge in [0.2, 0.25) is 0 Å². The molecule has 0 bridgehead atoms. The lowest BCUT2D eigenvalue weighted by atomic mass is 10.0. The molecular weight excluding hydrogens is 386 g/mol. The molecule has 20 heavy (non-hydrogen) atoms. The summed E-state index contributed by atoms with van der Waals surface area (Å²) >= 11 is 7.14. The minimum Gasteiger partial charge on any atom is -0.492 e. The van der Waals surface area contributed by atoms with Gasteiger partial charge in [-0.3, -0.25) is 0 Å². The minimum atomic E-state index is 0.474. The summed E-state index contributed by atoms with van der Waals surface area (Å²) in [6.45, 7) is 7.51. The van der Waals surface area contributed by atoms with E-state index in [1.807, 2.05) is 6.92 Å². The highest BCUT2D eigenvalue weighted by Gasteiger charge is 2.21. The first-order valence-electron chi connectivity index (χ1n) is 7.03. The number of nitrogens with one attached hydrogen (secondary N) is 1. The average Bonchev–Trinajstić information content (AvgIpc) is 2.94. The van der Waals surface area contributed by atoms with Crippen LogP contribution < -0.4 is 10.1 Å². The first-order chi connectivity index (χ1) is 9.61. The van der Waals surface area contributed by atoms with E-state index >= 15 is 0 Å². The van der Waals surface area contributed by atoms with Gasteiger partial charge >= 0.3 is 0 Å². The second-order valence-electron chi connectivity index (χ2n) is 5.11. The van der Waals surface area contributed by atoms with Crippen LogP contribution in [0, 0.1) is 5.92 Å². The highest BCUT2D eigenvalue weighted by molar-refractivity contribution is 9.11. The van der Waals surface area contributed by atoms with Crippen molar-refractivity contribution in [3.05, 3.63) is 26.6 Å². The molecule has 1 aromatic carbocycles. The third kappa shape index (κ3) is 4.20. The van der Waals surface area contributed by atoms with E-state index < -0.39 is 0 Å². The summed E-state index contributed by atoms with van der Waals surface area (Å²) in [5.74, 6) is 1.50. The zero-order chi connectivity index (χ0) is 14.5. The summed E-state index contributed by atoms with van der Waals surface area (Å²) in [6, 6.07) is 4.70. The van der Waals surface area contributed by atoms with Gasteiger partial charge in [0.15, 0.2) is 0 Å². The summed E-state index contributed by atoms with van der Waals surface area (Å²) in [5, 5.41) is 3.58. The number of hydrogen-bond acceptors (Lipinski definition) is 3. The quantitative estimate of drug-likeness (QED) is 0.770. The van der Waals surface area contributed by atoms with Crippen LogP contribution in [-0.2, 0) is 11.3 Å². The number of hydrogen-bond donors (Lipinski definition) is 1. The van der Waals surface area contributed by atoms with E-state index in [1.165, 1.54) is 5.56 Å². The van der Waals surface area contributed by atoms with E-state index in [4.69, 9.17) is 9.47 Å². The molecule has 1 aliphatic rings. The lowest BCUT2D eigenvalue weighted by Gasteiger charge is -2.20. The molecule has 2 rings (SSSR count). The van der Waals surface area contributed by atoms with E-state index in [2.05, 4.69) is 56.2 Å². The summed E-state index contributed by atoms with van der Waals surface area (Å²) in [6.07, 6.45) is 1.16. The van der Waals surface area contributed by atoms with Gasteiger partial charge in [0.05, 0.1) is 22.2 Å². The van der Waals surface area contributed by atoms with E-state index in [0.717, 1.165) is 40.9 Å². The third-order valence-corrected chi connectivity index (χ3v) is 4.82. The Bertz CT molecular complexity index is 424. The fourth-order valence-corrected chi connectivity index (χ4v) is 3.90. The molecule has 1 heterocycles. The van der Waals surface area contributed by atoms with Gasteiger partial charge in [-0.05, 0) is 75.7 Å². The molecule has 0 aromatic heterocycles. The number of benzene rings is 1. The van der Waals surface area contributed by atoms with Crippen molar-refractivity contribution in [2.24, 2.45) is 5.92 Å². The average molecular weight is 407 g/mol. The van der Waals surface area contributed by atoms with Gasteiger partial charge in [-0.25, -0.2) is 0 Å². The highest BCUT2D eigenvalue weighted by atomic mass is 79.9. The molecule has 1 saturated heterocycles. The second-order valence-corrected chi connectivity index (χ2v) is 6.82. The van der Waals surface area contributed by atoms with Crippen LogP contribution in [0.3, 0.4) is 0 Å². The zero-order valence-corrected chi connectivity index (χ0v) is 15.1. The van der Waals surface area contributed by atoms with Crippen LogP contribution in [0.15, 0.2) is 21.1 Å². The molecule has 1 N–H and O–H groups in total. The Morgan fingerprint density at radius 1 is 1.40 bits per heavy atom. The molecule has 0 aliphatic carbocycles. The van der Waals surface area contributed by atoms with Crippen molar-refractivity contribution >= 4 is 31.9 Å². The minimum absolute atomic E-state index is 0.474. The predicted molar refractivity (Wildman–Crippen MR) is 88.2 cm³/mol.